The molecule has 20 heavy (non-hydrogen) atoms. The van der Waals surface area contributed by atoms with E-state index in [1.165, 1.54) is 4.57 Å². The van der Waals surface area contributed by atoms with Crippen LogP contribution in [0.5, 0.6) is 0 Å². The first-order valence-electron chi connectivity index (χ1n) is 5.77. The molecule has 3 nitrogen and oxygen atoms in total. The Morgan fingerprint density at radius 2 is 1.65 bits per heavy atom. The number of aromatic amines is 1. The molecular weight excluding hydrogens is 315 g/mol. The Morgan fingerprint density at radius 3 is 2.35 bits per heavy atom. The van der Waals surface area contributed by atoms with Gasteiger partial charge in [-0.15, -0.1) is 0 Å². The van der Waals surface area contributed by atoms with Crippen molar-refractivity contribution < 1.29 is 0 Å². The monoisotopic (exact) mass is 322 g/mol. The SMILES string of the molecule is O=c1c2ccc(Cl)cc2[nH]c(=S)n1-c1ccc(Cl)cc1. The van der Waals surface area contributed by atoms with Gasteiger partial charge in [0.1, 0.15) is 0 Å². The van der Waals surface area contributed by atoms with Crippen LogP contribution in [0.2, 0.25) is 10.0 Å². The zero-order chi connectivity index (χ0) is 14.3. The van der Waals surface area contributed by atoms with Gasteiger partial charge < -0.3 is 4.98 Å². The first-order valence-corrected chi connectivity index (χ1v) is 6.93. The van der Waals surface area contributed by atoms with Crippen molar-refractivity contribution in [3.8, 4) is 5.69 Å². The summed E-state index contributed by atoms with van der Waals surface area (Å²) >= 11 is 17.0. The Hall–Kier alpha value is -1.62. The Bertz CT molecular complexity index is 913. The van der Waals surface area contributed by atoms with Gasteiger partial charge >= 0.3 is 0 Å². The van der Waals surface area contributed by atoms with E-state index in [1.54, 1.807) is 42.5 Å². The number of halogens is 2. The lowest BCUT2D eigenvalue weighted by molar-refractivity contribution is 0.940. The lowest BCUT2D eigenvalue weighted by atomic mass is 10.2. The van der Waals surface area contributed by atoms with Crippen molar-refractivity contribution in [3.05, 3.63) is 67.6 Å². The van der Waals surface area contributed by atoms with Gasteiger partial charge in [-0.3, -0.25) is 9.36 Å². The Labute approximate surface area is 129 Å². The fourth-order valence-corrected chi connectivity index (χ4v) is 2.61. The normalized spacial score (nSPS) is 10.9. The van der Waals surface area contributed by atoms with Gasteiger partial charge in [0.15, 0.2) is 4.77 Å². The smallest absolute Gasteiger partial charge is 0.266 e. The van der Waals surface area contributed by atoms with Crippen LogP contribution >= 0.6 is 35.4 Å². The molecule has 0 aliphatic heterocycles. The second-order valence-electron chi connectivity index (χ2n) is 4.24. The number of hydrogen-bond donors (Lipinski definition) is 1. The summed E-state index contributed by atoms with van der Waals surface area (Å²) in [5.41, 5.74) is 1.10. The summed E-state index contributed by atoms with van der Waals surface area (Å²) in [6, 6.07) is 11.9. The summed E-state index contributed by atoms with van der Waals surface area (Å²) in [6.07, 6.45) is 0. The number of aromatic nitrogens is 2. The lowest BCUT2D eigenvalue weighted by Gasteiger charge is -2.08. The fraction of sp³-hybridized carbons (Fsp3) is 0. The molecule has 3 aromatic rings. The number of nitrogens with one attached hydrogen (secondary N) is 1. The molecule has 0 atom stereocenters. The maximum Gasteiger partial charge on any atom is 0.266 e. The van der Waals surface area contributed by atoms with Crippen molar-refractivity contribution in [1.29, 1.82) is 0 Å². The summed E-state index contributed by atoms with van der Waals surface area (Å²) in [5.74, 6) is 0. The van der Waals surface area contributed by atoms with Crippen LogP contribution in [0.15, 0.2) is 47.3 Å². The van der Waals surface area contributed by atoms with Crippen LogP contribution in [0.1, 0.15) is 0 Å². The molecule has 0 bridgehead atoms. The van der Waals surface area contributed by atoms with E-state index in [0.717, 1.165) is 0 Å². The van der Waals surface area contributed by atoms with Gasteiger partial charge in [-0.2, -0.15) is 0 Å². The average Bonchev–Trinajstić information content (AvgIpc) is 2.40. The van der Waals surface area contributed by atoms with Crippen molar-refractivity contribution >= 4 is 46.3 Å². The third kappa shape index (κ3) is 2.26. The highest BCUT2D eigenvalue weighted by molar-refractivity contribution is 7.71. The van der Waals surface area contributed by atoms with Crippen molar-refractivity contribution in [2.24, 2.45) is 0 Å². The molecule has 0 aliphatic carbocycles. The van der Waals surface area contributed by atoms with Gasteiger partial charge in [0, 0.05) is 10.0 Å². The van der Waals surface area contributed by atoms with Crippen LogP contribution in [0.25, 0.3) is 16.6 Å². The third-order valence-electron chi connectivity index (χ3n) is 2.94. The second kappa shape index (κ2) is 5.05. The van der Waals surface area contributed by atoms with Gasteiger partial charge in [0.05, 0.1) is 16.6 Å². The molecule has 1 N–H and O–H groups in total. The highest BCUT2D eigenvalue weighted by Crippen LogP contribution is 2.17. The molecule has 1 heterocycles. The number of H-pyrrole nitrogens is 1. The van der Waals surface area contributed by atoms with Crippen LogP contribution in [0, 0.1) is 4.77 Å². The Morgan fingerprint density at radius 1 is 1.00 bits per heavy atom. The second-order valence-corrected chi connectivity index (χ2v) is 5.50. The fourth-order valence-electron chi connectivity index (χ4n) is 2.01. The molecule has 0 amide bonds. The summed E-state index contributed by atoms with van der Waals surface area (Å²) in [4.78, 5) is 15.6. The Kier molecular flexibility index (Phi) is 3.38. The van der Waals surface area contributed by atoms with E-state index in [9.17, 15) is 4.79 Å². The molecule has 0 spiro atoms. The summed E-state index contributed by atoms with van der Waals surface area (Å²) in [7, 11) is 0. The number of rotatable bonds is 1. The number of benzene rings is 2. The highest BCUT2D eigenvalue weighted by atomic mass is 35.5. The largest absolute Gasteiger partial charge is 0.331 e. The van der Waals surface area contributed by atoms with E-state index < -0.39 is 0 Å². The minimum absolute atomic E-state index is 0.192. The number of nitrogens with zero attached hydrogens (tertiary/aromatic N) is 1. The van der Waals surface area contributed by atoms with E-state index in [-0.39, 0.29) is 5.56 Å². The van der Waals surface area contributed by atoms with E-state index in [2.05, 4.69) is 4.98 Å². The van der Waals surface area contributed by atoms with E-state index >= 15 is 0 Å². The van der Waals surface area contributed by atoms with E-state index in [4.69, 9.17) is 35.4 Å². The molecule has 0 fully saturated rings. The quantitative estimate of drug-likeness (QED) is 0.676. The molecule has 2 aromatic carbocycles. The molecule has 0 saturated carbocycles. The van der Waals surface area contributed by atoms with Crippen LogP contribution in [0.4, 0.5) is 0 Å². The van der Waals surface area contributed by atoms with Gasteiger partial charge in [0.2, 0.25) is 0 Å². The maximum absolute atomic E-state index is 12.5. The molecule has 0 aliphatic rings. The average molecular weight is 323 g/mol. The van der Waals surface area contributed by atoms with Crippen molar-refractivity contribution in [1.82, 2.24) is 9.55 Å². The number of fused-ring (bicyclic) bond motifs is 1. The summed E-state index contributed by atoms with van der Waals surface area (Å²) < 4.78 is 1.74. The van der Waals surface area contributed by atoms with Gasteiger partial charge in [0.25, 0.3) is 5.56 Å². The van der Waals surface area contributed by atoms with E-state index in [1.807, 2.05) is 0 Å². The van der Waals surface area contributed by atoms with Crippen molar-refractivity contribution in [2.75, 3.05) is 0 Å². The molecule has 1 aromatic heterocycles. The van der Waals surface area contributed by atoms with Gasteiger partial charge in [-0.25, -0.2) is 0 Å². The summed E-state index contributed by atoms with van der Waals surface area (Å²) in [5, 5.41) is 1.68. The van der Waals surface area contributed by atoms with Crippen molar-refractivity contribution in [3.63, 3.8) is 0 Å². The zero-order valence-corrected chi connectivity index (χ0v) is 12.4. The first-order chi connectivity index (χ1) is 9.56. The van der Waals surface area contributed by atoms with Crippen molar-refractivity contribution in [2.45, 2.75) is 0 Å². The maximum atomic E-state index is 12.5. The molecule has 3 rings (SSSR count). The molecular formula is C14H8Cl2N2OS. The minimum Gasteiger partial charge on any atom is -0.331 e. The minimum atomic E-state index is -0.192. The van der Waals surface area contributed by atoms with Gasteiger partial charge in [-0.05, 0) is 54.7 Å². The number of hydrogen-bond acceptors (Lipinski definition) is 2. The zero-order valence-electron chi connectivity index (χ0n) is 10.1. The standard InChI is InChI=1S/C14H8Cl2N2OS/c15-8-1-4-10(5-2-8)18-13(19)11-6-3-9(16)7-12(11)17-14(18)20/h1-7H,(H,17,20). The van der Waals surface area contributed by atoms with Crippen LogP contribution in [0.3, 0.4) is 0 Å². The van der Waals surface area contributed by atoms with E-state index in [0.29, 0.717) is 31.4 Å². The predicted molar refractivity (Wildman–Crippen MR) is 84.7 cm³/mol. The Balaban J connectivity index is 2.37. The molecule has 0 saturated heterocycles. The first kappa shape index (κ1) is 13.4. The molecule has 6 heteroatoms. The van der Waals surface area contributed by atoms with Crippen LogP contribution in [-0.4, -0.2) is 9.55 Å². The third-order valence-corrected chi connectivity index (χ3v) is 3.72. The summed E-state index contributed by atoms with van der Waals surface area (Å²) in [6.45, 7) is 0. The van der Waals surface area contributed by atoms with Crippen LogP contribution < -0.4 is 5.56 Å². The van der Waals surface area contributed by atoms with Gasteiger partial charge in [-0.1, -0.05) is 23.2 Å². The topological polar surface area (TPSA) is 37.8 Å². The van der Waals surface area contributed by atoms with Crippen LogP contribution in [-0.2, 0) is 0 Å². The molecule has 100 valence electrons. The lowest BCUT2D eigenvalue weighted by Crippen LogP contribution is -2.20. The highest BCUT2D eigenvalue weighted by Gasteiger charge is 2.07. The molecule has 0 radical (unpaired) electrons. The predicted octanol–water partition coefficient (Wildman–Crippen LogP) is 4.36. The molecule has 0 unspecified atom stereocenters.